The van der Waals surface area contributed by atoms with Gasteiger partial charge in [0.05, 0.1) is 5.69 Å². The summed E-state index contributed by atoms with van der Waals surface area (Å²) in [6, 6.07) is 5.65. The van der Waals surface area contributed by atoms with Crippen LogP contribution in [-0.2, 0) is 19.6 Å². The number of nitrogens with zero attached hydrogens (tertiary/aromatic N) is 2. The second kappa shape index (κ2) is 7.37. The molecule has 0 atom stereocenters. The van der Waals surface area contributed by atoms with Crippen molar-refractivity contribution in [2.45, 2.75) is 25.8 Å². The van der Waals surface area contributed by atoms with Crippen molar-refractivity contribution >= 4 is 12.4 Å². The smallest absolute Gasteiger partial charge is 0.408 e. The third kappa shape index (κ3) is 5.12. The predicted molar refractivity (Wildman–Crippen MR) is 75.8 cm³/mol. The van der Waals surface area contributed by atoms with E-state index < -0.39 is 12.7 Å². The van der Waals surface area contributed by atoms with Crippen LogP contribution in [0, 0.1) is 0 Å². The van der Waals surface area contributed by atoms with Gasteiger partial charge in [0, 0.05) is 30.9 Å². The van der Waals surface area contributed by atoms with Crippen molar-refractivity contribution in [1.29, 1.82) is 0 Å². The Labute approximate surface area is 130 Å². The molecule has 0 aliphatic rings. The minimum atomic E-state index is -4.32. The summed E-state index contributed by atoms with van der Waals surface area (Å²) < 4.78 is 37.9. The molecule has 2 aromatic rings. The number of phenolic OH excluding ortho intramolecular Hbond substituents is 2. The monoisotopic (exact) mass is 337 g/mol. The van der Waals surface area contributed by atoms with E-state index in [9.17, 15) is 18.3 Å². The SMILES string of the molecule is Cl.Oc1ccc(CNCc2ccnn2CC(F)(F)F)c(O)c1. The Hall–Kier alpha value is -1.93. The number of phenols is 2. The summed E-state index contributed by atoms with van der Waals surface area (Å²) >= 11 is 0. The summed E-state index contributed by atoms with van der Waals surface area (Å²) in [5.74, 6) is -0.134. The van der Waals surface area contributed by atoms with Gasteiger partial charge in [-0.25, -0.2) is 0 Å². The molecule has 0 spiro atoms. The van der Waals surface area contributed by atoms with Crippen molar-refractivity contribution in [2.75, 3.05) is 0 Å². The molecule has 1 aromatic carbocycles. The Balaban J connectivity index is 0.00000242. The molecule has 0 fully saturated rings. The summed E-state index contributed by atoms with van der Waals surface area (Å²) in [5, 5.41) is 25.3. The third-order valence-corrected chi connectivity index (χ3v) is 2.82. The zero-order chi connectivity index (χ0) is 15.5. The lowest BCUT2D eigenvalue weighted by molar-refractivity contribution is -0.143. The quantitative estimate of drug-likeness (QED) is 0.784. The van der Waals surface area contributed by atoms with E-state index in [4.69, 9.17) is 5.11 Å². The van der Waals surface area contributed by atoms with Crippen molar-refractivity contribution in [3.8, 4) is 11.5 Å². The maximum Gasteiger partial charge on any atom is 0.408 e. The first-order chi connectivity index (χ1) is 9.85. The van der Waals surface area contributed by atoms with Gasteiger partial charge in [-0.2, -0.15) is 18.3 Å². The number of benzene rings is 1. The van der Waals surface area contributed by atoms with Gasteiger partial charge >= 0.3 is 6.18 Å². The number of aromatic nitrogens is 2. The van der Waals surface area contributed by atoms with Gasteiger partial charge in [-0.1, -0.05) is 6.07 Å². The Morgan fingerprint density at radius 1 is 1.14 bits per heavy atom. The maximum absolute atomic E-state index is 12.3. The second-order valence-electron chi connectivity index (χ2n) is 4.51. The highest BCUT2D eigenvalue weighted by atomic mass is 35.5. The van der Waals surface area contributed by atoms with E-state index in [2.05, 4.69) is 10.4 Å². The average Bonchev–Trinajstić information content (AvgIpc) is 2.77. The molecular formula is C13H15ClF3N3O2. The molecule has 122 valence electrons. The van der Waals surface area contributed by atoms with Crippen molar-refractivity contribution in [2.24, 2.45) is 0 Å². The van der Waals surface area contributed by atoms with Crippen molar-refractivity contribution in [3.05, 3.63) is 41.7 Å². The van der Waals surface area contributed by atoms with Crippen LogP contribution in [0.1, 0.15) is 11.3 Å². The number of alkyl halides is 3. The number of rotatable bonds is 5. The van der Waals surface area contributed by atoms with E-state index in [0.717, 1.165) is 4.68 Å². The fourth-order valence-corrected chi connectivity index (χ4v) is 1.85. The molecule has 0 saturated carbocycles. The van der Waals surface area contributed by atoms with Crippen LogP contribution >= 0.6 is 12.4 Å². The van der Waals surface area contributed by atoms with Gasteiger partial charge in [0.1, 0.15) is 18.0 Å². The van der Waals surface area contributed by atoms with Crippen LogP contribution < -0.4 is 5.32 Å². The molecule has 9 heteroatoms. The molecule has 1 aromatic heterocycles. The van der Waals surface area contributed by atoms with Gasteiger partial charge in [0.15, 0.2) is 0 Å². The minimum absolute atomic E-state index is 0. The lowest BCUT2D eigenvalue weighted by atomic mass is 10.2. The van der Waals surface area contributed by atoms with Crippen molar-refractivity contribution in [3.63, 3.8) is 0 Å². The fourth-order valence-electron chi connectivity index (χ4n) is 1.85. The molecule has 0 bridgehead atoms. The summed E-state index contributed by atoms with van der Waals surface area (Å²) in [5.41, 5.74) is 0.931. The first kappa shape index (κ1) is 18.1. The van der Waals surface area contributed by atoms with Gasteiger partial charge in [-0.05, 0) is 12.1 Å². The zero-order valence-electron chi connectivity index (χ0n) is 11.3. The summed E-state index contributed by atoms with van der Waals surface area (Å²) in [4.78, 5) is 0. The Bertz CT molecular complexity index is 617. The molecule has 3 N–H and O–H groups in total. The second-order valence-corrected chi connectivity index (χ2v) is 4.51. The Kier molecular flexibility index (Phi) is 6.07. The van der Waals surface area contributed by atoms with Crippen LogP contribution in [0.4, 0.5) is 13.2 Å². The molecule has 5 nitrogen and oxygen atoms in total. The van der Waals surface area contributed by atoms with E-state index in [-0.39, 0.29) is 37.0 Å². The molecule has 0 saturated heterocycles. The lowest BCUT2D eigenvalue weighted by Gasteiger charge is -2.11. The van der Waals surface area contributed by atoms with E-state index >= 15 is 0 Å². The van der Waals surface area contributed by atoms with Crippen LogP contribution in [-0.4, -0.2) is 26.2 Å². The Morgan fingerprint density at radius 2 is 1.86 bits per heavy atom. The molecule has 1 heterocycles. The molecule has 0 aliphatic carbocycles. The van der Waals surface area contributed by atoms with Crippen molar-refractivity contribution in [1.82, 2.24) is 15.1 Å². The van der Waals surface area contributed by atoms with Crippen molar-refractivity contribution < 1.29 is 23.4 Å². The third-order valence-electron chi connectivity index (χ3n) is 2.82. The average molecular weight is 338 g/mol. The van der Waals surface area contributed by atoms with Gasteiger partial charge < -0.3 is 15.5 Å². The zero-order valence-corrected chi connectivity index (χ0v) is 12.2. The lowest BCUT2D eigenvalue weighted by Crippen LogP contribution is -2.23. The van der Waals surface area contributed by atoms with E-state index in [0.29, 0.717) is 11.3 Å². The number of hydrogen-bond acceptors (Lipinski definition) is 4. The highest BCUT2D eigenvalue weighted by Crippen LogP contribution is 2.22. The summed E-state index contributed by atoms with van der Waals surface area (Å²) in [6.07, 6.45) is -3.02. The topological polar surface area (TPSA) is 70.3 Å². The van der Waals surface area contributed by atoms with Crippen LogP contribution in [0.25, 0.3) is 0 Å². The molecule has 0 unspecified atom stereocenters. The highest BCUT2D eigenvalue weighted by molar-refractivity contribution is 5.85. The number of nitrogens with one attached hydrogen (secondary N) is 1. The number of halogens is 4. The Morgan fingerprint density at radius 3 is 2.50 bits per heavy atom. The van der Waals surface area contributed by atoms with Gasteiger partial charge in [-0.15, -0.1) is 12.4 Å². The molecule has 0 amide bonds. The molecule has 0 radical (unpaired) electrons. The number of hydrogen-bond donors (Lipinski definition) is 3. The summed E-state index contributed by atoms with van der Waals surface area (Å²) in [7, 11) is 0. The van der Waals surface area contributed by atoms with E-state index in [1.807, 2.05) is 0 Å². The fraction of sp³-hybridized carbons (Fsp3) is 0.308. The van der Waals surface area contributed by atoms with Crippen LogP contribution in [0.3, 0.4) is 0 Å². The number of aromatic hydroxyl groups is 2. The van der Waals surface area contributed by atoms with E-state index in [1.54, 1.807) is 0 Å². The first-order valence-corrected chi connectivity index (χ1v) is 6.14. The molecule has 0 aliphatic heterocycles. The van der Waals surface area contributed by atoms with Crippen LogP contribution in [0.15, 0.2) is 30.5 Å². The predicted octanol–water partition coefficient (Wildman–Crippen LogP) is 2.57. The molecular weight excluding hydrogens is 323 g/mol. The standard InChI is InChI=1S/C13H14F3N3O2.ClH/c14-13(15,16)8-19-10(3-4-18-19)7-17-6-9-1-2-11(20)5-12(9)21;/h1-5,17,20-21H,6-8H2;1H. The van der Waals surface area contributed by atoms with Gasteiger partial charge in [-0.3, -0.25) is 4.68 Å². The van der Waals surface area contributed by atoms with Crippen LogP contribution in [0.2, 0.25) is 0 Å². The highest BCUT2D eigenvalue weighted by Gasteiger charge is 2.29. The van der Waals surface area contributed by atoms with E-state index in [1.165, 1.54) is 30.5 Å². The molecule has 22 heavy (non-hydrogen) atoms. The maximum atomic E-state index is 12.3. The van der Waals surface area contributed by atoms with Gasteiger partial charge in [0.2, 0.25) is 0 Å². The largest absolute Gasteiger partial charge is 0.508 e. The minimum Gasteiger partial charge on any atom is -0.508 e. The van der Waals surface area contributed by atoms with Gasteiger partial charge in [0.25, 0.3) is 0 Å². The first-order valence-electron chi connectivity index (χ1n) is 6.14. The summed E-state index contributed by atoms with van der Waals surface area (Å²) in [6.45, 7) is -0.707. The normalized spacial score (nSPS) is 11.2. The van der Waals surface area contributed by atoms with Crippen LogP contribution in [0.5, 0.6) is 11.5 Å². The molecule has 2 rings (SSSR count).